The second kappa shape index (κ2) is 6.80. The van der Waals surface area contributed by atoms with Crippen molar-refractivity contribution in [2.75, 3.05) is 18.5 Å². The fraction of sp³-hybridized carbons (Fsp3) is 0.500. The van der Waals surface area contributed by atoms with Crippen LogP contribution in [-0.4, -0.2) is 30.8 Å². The van der Waals surface area contributed by atoms with E-state index < -0.39 is 18.3 Å². The third-order valence-electron chi connectivity index (χ3n) is 2.71. The predicted molar refractivity (Wildman–Crippen MR) is 74.4 cm³/mol. The number of amides is 1. The first-order chi connectivity index (χ1) is 9.65. The maximum absolute atomic E-state index is 12.2. The van der Waals surface area contributed by atoms with Crippen molar-refractivity contribution in [1.82, 2.24) is 5.32 Å². The molecule has 1 aromatic rings. The topological polar surface area (TPSA) is 50.4 Å². The van der Waals surface area contributed by atoms with E-state index in [1.165, 1.54) is 18.2 Å². The molecule has 0 radical (unpaired) electrons. The normalized spacial score (nSPS) is 12.1. The van der Waals surface area contributed by atoms with Crippen LogP contribution in [0, 0.1) is 0 Å². The standard InChI is InChI=1S/C14H19F3N2O2/c1-4-18-13(2,3)12(20)19-10-7-5-6-8-11(10)21-9-14(15,16)17/h5-8,18H,4,9H2,1-3H3,(H,19,20). The Kier molecular flexibility index (Phi) is 5.60. The van der Waals surface area contributed by atoms with Gasteiger partial charge in [-0.2, -0.15) is 13.2 Å². The molecule has 2 N–H and O–H groups in total. The molecule has 0 unspecified atom stereocenters. The zero-order valence-electron chi connectivity index (χ0n) is 12.2. The molecule has 0 fully saturated rings. The Morgan fingerprint density at radius 3 is 2.43 bits per heavy atom. The van der Waals surface area contributed by atoms with Gasteiger partial charge in [0, 0.05) is 0 Å². The van der Waals surface area contributed by atoms with Gasteiger partial charge in [0.15, 0.2) is 6.61 Å². The number of ether oxygens (including phenoxy) is 1. The molecular formula is C14H19F3N2O2. The second-order valence-electron chi connectivity index (χ2n) is 5.01. The molecule has 0 aliphatic carbocycles. The molecule has 1 aromatic carbocycles. The molecule has 1 amide bonds. The van der Waals surface area contributed by atoms with Gasteiger partial charge in [0.25, 0.3) is 0 Å². The average Bonchev–Trinajstić information content (AvgIpc) is 2.36. The van der Waals surface area contributed by atoms with Crippen LogP contribution in [0.1, 0.15) is 20.8 Å². The van der Waals surface area contributed by atoms with E-state index in [-0.39, 0.29) is 17.3 Å². The summed E-state index contributed by atoms with van der Waals surface area (Å²) in [6, 6.07) is 6.01. The number of likely N-dealkylation sites (N-methyl/N-ethyl adjacent to an activating group) is 1. The quantitative estimate of drug-likeness (QED) is 0.849. The fourth-order valence-corrected chi connectivity index (χ4v) is 1.66. The van der Waals surface area contributed by atoms with Crippen LogP contribution in [0.3, 0.4) is 0 Å². The van der Waals surface area contributed by atoms with E-state index in [4.69, 9.17) is 4.74 Å². The van der Waals surface area contributed by atoms with Gasteiger partial charge in [0.1, 0.15) is 5.75 Å². The summed E-state index contributed by atoms with van der Waals surface area (Å²) in [7, 11) is 0. The molecule has 0 aliphatic heterocycles. The number of carbonyl (C=O) groups is 1. The van der Waals surface area contributed by atoms with Crippen molar-refractivity contribution in [3.8, 4) is 5.75 Å². The minimum absolute atomic E-state index is 0.0181. The van der Waals surface area contributed by atoms with E-state index in [0.29, 0.717) is 6.54 Å². The summed E-state index contributed by atoms with van der Waals surface area (Å²) in [5.41, 5.74) is -0.635. The van der Waals surface area contributed by atoms with Gasteiger partial charge < -0.3 is 15.4 Å². The van der Waals surface area contributed by atoms with Crippen molar-refractivity contribution < 1.29 is 22.7 Å². The minimum Gasteiger partial charge on any atom is -0.482 e. The number of rotatable bonds is 6. The number of para-hydroxylation sites is 2. The fourth-order valence-electron chi connectivity index (χ4n) is 1.66. The van der Waals surface area contributed by atoms with Crippen molar-refractivity contribution in [1.29, 1.82) is 0 Å². The molecule has 0 saturated carbocycles. The maximum Gasteiger partial charge on any atom is 0.422 e. The highest BCUT2D eigenvalue weighted by atomic mass is 19.4. The molecule has 0 saturated heterocycles. The third kappa shape index (κ3) is 5.63. The Balaban J connectivity index is 2.82. The number of nitrogens with one attached hydrogen (secondary N) is 2. The monoisotopic (exact) mass is 304 g/mol. The van der Waals surface area contributed by atoms with Crippen molar-refractivity contribution in [3.63, 3.8) is 0 Å². The third-order valence-corrected chi connectivity index (χ3v) is 2.71. The molecular weight excluding hydrogens is 285 g/mol. The van der Waals surface area contributed by atoms with Crippen LogP contribution < -0.4 is 15.4 Å². The molecule has 21 heavy (non-hydrogen) atoms. The zero-order chi connectivity index (χ0) is 16.1. The SMILES string of the molecule is CCNC(C)(C)C(=O)Nc1ccccc1OCC(F)(F)F. The predicted octanol–water partition coefficient (Wildman–Crippen LogP) is 2.95. The van der Waals surface area contributed by atoms with Crippen LogP contribution in [0.25, 0.3) is 0 Å². The van der Waals surface area contributed by atoms with Gasteiger partial charge in [0.2, 0.25) is 5.91 Å². The lowest BCUT2D eigenvalue weighted by Crippen LogP contribution is -2.49. The van der Waals surface area contributed by atoms with E-state index in [9.17, 15) is 18.0 Å². The molecule has 0 aromatic heterocycles. The average molecular weight is 304 g/mol. The second-order valence-corrected chi connectivity index (χ2v) is 5.01. The van der Waals surface area contributed by atoms with Gasteiger partial charge in [-0.3, -0.25) is 4.79 Å². The summed E-state index contributed by atoms with van der Waals surface area (Å²) >= 11 is 0. The Hall–Kier alpha value is -1.76. The van der Waals surface area contributed by atoms with E-state index in [0.717, 1.165) is 0 Å². The van der Waals surface area contributed by atoms with Crippen LogP contribution in [0.4, 0.5) is 18.9 Å². The number of alkyl halides is 3. The molecule has 0 heterocycles. The summed E-state index contributed by atoms with van der Waals surface area (Å²) in [4.78, 5) is 12.1. The molecule has 4 nitrogen and oxygen atoms in total. The Morgan fingerprint density at radius 1 is 1.24 bits per heavy atom. The first-order valence-corrected chi connectivity index (χ1v) is 6.51. The van der Waals surface area contributed by atoms with E-state index in [1.807, 2.05) is 6.92 Å². The van der Waals surface area contributed by atoms with Crippen LogP contribution in [0.5, 0.6) is 5.75 Å². The van der Waals surface area contributed by atoms with Crippen LogP contribution >= 0.6 is 0 Å². The zero-order valence-corrected chi connectivity index (χ0v) is 12.2. The molecule has 0 spiro atoms. The number of anilines is 1. The summed E-state index contributed by atoms with van der Waals surface area (Å²) in [6.07, 6.45) is -4.43. The van der Waals surface area contributed by atoms with Crippen molar-refractivity contribution in [3.05, 3.63) is 24.3 Å². The smallest absolute Gasteiger partial charge is 0.422 e. The Labute approximate surface area is 121 Å². The molecule has 1 rings (SSSR count). The van der Waals surface area contributed by atoms with Crippen LogP contribution in [-0.2, 0) is 4.79 Å². The number of hydrogen-bond donors (Lipinski definition) is 2. The molecule has 118 valence electrons. The van der Waals surface area contributed by atoms with Crippen molar-refractivity contribution >= 4 is 11.6 Å². The van der Waals surface area contributed by atoms with Crippen LogP contribution in [0.15, 0.2) is 24.3 Å². The largest absolute Gasteiger partial charge is 0.482 e. The lowest BCUT2D eigenvalue weighted by molar-refractivity contribution is -0.153. The molecule has 7 heteroatoms. The summed E-state index contributed by atoms with van der Waals surface area (Å²) < 4.78 is 41.3. The molecule has 0 bridgehead atoms. The van der Waals surface area contributed by atoms with Gasteiger partial charge in [-0.25, -0.2) is 0 Å². The summed E-state index contributed by atoms with van der Waals surface area (Å²) in [5, 5.41) is 5.56. The number of halogens is 3. The molecule has 0 atom stereocenters. The van der Waals surface area contributed by atoms with Gasteiger partial charge in [-0.05, 0) is 32.5 Å². The summed E-state index contributed by atoms with van der Waals surface area (Å²) in [6.45, 7) is 4.41. The number of benzene rings is 1. The van der Waals surface area contributed by atoms with E-state index in [2.05, 4.69) is 10.6 Å². The number of carbonyl (C=O) groups excluding carboxylic acids is 1. The van der Waals surface area contributed by atoms with E-state index >= 15 is 0 Å². The van der Waals surface area contributed by atoms with Crippen molar-refractivity contribution in [2.24, 2.45) is 0 Å². The van der Waals surface area contributed by atoms with Gasteiger partial charge in [-0.15, -0.1) is 0 Å². The van der Waals surface area contributed by atoms with E-state index in [1.54, 1.807) is 19.9 Å². The molecule has 0 aliphatic rings. The van der Waals surface area contributed by atoms with Gasteiger partial charge in [-0.1, -0.05) is 19.1 Å². The summed E-state index contributed by atoms with van der Waals surface area (Å²) in [5.74, 6) is -0.372. The minimum atomic E-state index is -4.43. The highest BCUT2D eigenvalue weighted by Gasteiger charge is 2.30. The Morgan fingerprint density at radius 2 is 1.86 bits per heavy atom. The Bertz CT molecular complexity index is 487. The van der Waals surface area contributed by atoms with Crippen LogP contribution in [0.2, 0.25) is 0 Å². The van der Waals surface area contributed by atoms with Crippen molar-refractivity contribution in [2.45, 2.75) is 32.5 Å². The van der Waals surface area contributed by atoms with Gasteiger partial charge in [0.05, 0.1) is 11.2 Å². The van der Waals surface area contributed by atoms with Gasteiger partial charge >= 0.3 is 6.18 Å². The maximum atomic E-state index is 12.2. The lowest BCUT2D eigenvalue weighted by atomic mass is 10.0. The number of hydrogen-bond acceptors (Lipinski definition) is 3. The first kappa shape index (κ1) is 17.3. The highest BCUT2D eigenvalue weighted by Crippen LogP contribution is 2.27. The first-order valence-electron chi connectivity index (χ1n) is 6.51. The lowest BCUT2D eigenvalue weighted by Gasteiger charge is -2.25. The highest BCUT2D eigenvalue weighted by molar-refractivity contribution is 5.98.